The first-order valence-electron chi connectivity index (χ1n) is 9.72. The lowest BCUT2D eigenvalue weighted by atomic mass is 9.90. The van der Waals surface area contributed by atoms with E-state index in [1.807, 2.05) is 0 Å². The van der Waals surface area contributed by atoms with Crippen molar-refractivity contribution in [2.45, 2.75) is 50.6 Å². The summed E-state index contributed by atoms with van der Waals surface area (Å²) in [4.78, 5) is 5.11. The maximum Gasteiger partial charge on any atom is 0.0775 e. The van der Waals surface area contributed by atoms with Crippen LogP contribution in [0.15, 0.2) is 10.3 Å². The molecule has 0 radical (unpaired) electrons. The number of fused-ring (bicyclic) bond motifs is 4. The molecule has 4 aliphatic carbocycles. The van der Waals surface area contributed by atoms with Crippen molar-refractivity contribution < 1.29 is 10.4 Å². The lowest BCUT2D eigenvalue weighted by Gasteiger charge is -2.44. The molecule has 0 aromatic carbocycles. The van der Waals surface area contributed by atoms with Gasteiger partial charge in [0, 0.05) is 38.0 Å². The van der Waals surface area contributed by atoms with E-state index in [1.54, 1.807) is 0 Å². The van der Waals surface area contributed by atoms with Gasteiger partial charge in [-0.25, -0.2) is 0 Å². The lowest BCUT2D eigenvalue weighted by Crippen LogP contribution is -2.58. The molecule has 0 aromatic heterocycles. The van der Waals surface area contributed by atoms with Gasteiger partial charge < -0.3 is 10.4 Å². The fourth-order valence-electron chi connectivity index (χ4n) is 6.66. The van der Waals surface area contributed by atoms with E-state index < -0.39 is 0 Å². The van der Waals surface area contributed by atoms with Crippen LogP contribution >= 0.6 is 0 Å². The average molecular weight is 332 g/mol. The normalized spacial score (nSPS) is 49.0. The van der Waals surface area contributed by atoms with Crippen LogP contribution in [0.3, 0.4) is 0 Å². The molecule has 5 aliphatic rings. The van der Waals surface area contributed by atoms with Crippen molar-refractivity contribution >= 4 is 11.4 Å². The number of hydrogen-bond acceptors (Lipinski definition) is 6. The number of oxime groups is 2. The molecule has 24 heavy (non-hydrogen) atoms. The van der Waals surface area contributed by atoms with Crippen LogP contribution in [0.5, 0.6) is 0 Å². The summed E-state index contributed by atoms with van der Waals surface area (Å²) in [5, 5.41) is 26.3. The highest BCUT2D eigenvalue weighted by Crippen LogP contribution is 2.47. The minimum Gasteiger partial charge on any atom is -0.411 e. The highest BCUT2D eigenvalue weighted by Gasteiger charge is 2.51. The van der Waals surface area contributed by atoms with Gasteiger partial charge in [0.1, 0.15) is 0 Å². The van der Waals surface area contributed by atoms with Gasteiger partial charge in [-0.15, -0.1) is 0 Å². The molecule has 6 heteroatoms. The van der Waals surface area contributed by atoms with Crippen molar-refractivity contribution in [3.8, 4) is 0 Å². The Balaban J connectivity index is 1.27. The molecule has 132 valence electrons. The number of rotatable bonds is 2. The molecule has 0 aromatic rings. The Morgan fingerprint density at radius 1 is 0.667 bits per heavy atom. The van der Waals surface area contributed by atoms with Gasteiger partial charge >= 0.3 is 0 Å². The smallest absolute Gasteiger partial charge is 0.0775 e. The zero-order valence-corrected chi connectivity index (χ0v) is 14.2. The second kappa shape index (κ2) is 5.70. The molecule has 1 aliphatic heterocycles. The van der Waals surface area contributed by atoms with E-state index in [0.717, 1.165) is 37.6 Å². The van der Waals surface area contributed by atoms with Crippen molar-refractivity contribution in [1.29, 1.82) is 0 Å². The maximum absolute atomic E-state index is 9.46. The van der Waals surface area contributed by atoms with E-state index >= 15 is 0 Å². The molecule has 6 nitrogen and oxygen atoms in total. The molecule has 6 atom stereocenters. The van der Waals surface area contributed by atoms with Crippen LogP contribution < -0.4 is 0 Å². The van der Waals surface area contributed by atoms with E-state index in [9.17, 15) is 10.4 Å². The molecular formula is C18H28N4O2. The van der Waals surface area contributed by atoms with Crippen LogP contribution in [0.4, 0.5) is 0 Å². The van der Waals surface area contributed by atoms with Crippen LogP contribution in [0.1, 0.15) is 38.5 Å². The molecule has 1 heterocycles. The Hall–Kier alpha value is -1.14. The van der Waals surface area contributed by atoms with Crippen molar-refractivity contribution in [2.75, 3.05) is 26.2 Å². The fraction of sp³-hybridized carbons (Fsp3) is 0.889. The van der Waals surface area contributed by atoms with Gasteiger partial charge in [0.05, 0.1) is 23.5 Å². The summed E-state index contributed by atoms with van der Waals surface area (Å²) >= 11 is 0. The summed E-state index contributed by atoms with van der Waals surface area (Å²) in [6.07, 6.45) is 7.45. The standard InChI is InChI=1S/C18H28N4O2/c23-19-15-11-1-3-13(9-11)17(15)21-5-7-22(8-6-21)18-14-4-2-12(10-14)16(18)20-24/h11-14,17-18,23-24H,1-10H2. The molecular weight excluding hydrogens is 304 g/mol. The minimum atomic E-state index is 0.377. The molecule has 5 rings (SSSR count). The summed E-state index contributed by atoms with van der Waals surface area (Å²) in [6, 6.07) is 0.754. The van der Waals surface area contributed by atoms with Crippen LogP contribution in [0.25, 0.3) is 0 Å². The van der Waals surface area contributed by atoms with E-state index in [1.165, 1.54) is 38.5 Å². The molecule has 2 N–H and O–H groups in total. The predicted molar refractivity (Wildman–Crippen MR) is 90.8 cm³/mol. The Morgan fingerprint density at radius 2 is 1.08 bits per heavy atom. The first-order valence-corrected chi connectivity index (χ1v) is 9.72. The van der Waals surface area contributed by atoms with E-state index in [-0.39, 0.29) is 0 Å². The van der Waals surface area contributed by atoms with Crippen LogP contribution in [-0.4, -0.2) is 69.9 Å². The topological polar surface area (TPSA) is 71.7 Å². The van der Waals surface area contributed by atoms with E-state index in [2.05, 4.69) is 20.1 Å². The van der Waals surface area contributed by atoms with Gasteiger partial charge in [-0.3, -0.25) is 9.80 Å². The summed E-state index contributed by atoms with van der Waals surface area (Å²) in [5.41, 5.74) is 2.11. The summed E-state index contributed by atoms with van der Waals surface area (Å²) in [5.74, 6) is 2.46. The molecule has 4 bridgehead atoms. The molecule has 1 saturated heterocycles. The third-order valence-electron chi connectivity index (χ3n) is 7.65. The van der Waals surface area contributed by atoms with Crippen molar-refractivity contribution in [3.05, 3.63) is 0 Å². The molecule has 4 saturated carbocycles. The van der Waals surface area contributed by atoms with Gasteiger partial charge in [-0.05, 0) is 50.4 Å². The minimum absolute atomic E-state index is 0.377. The van der Waals surface area contributed by atoms with Crippen LogP contribution in [0.2, 0.25) is 0 Å². The van der Waals surface area contributed by atoms with Crippen LogP contribution in [-0.2, 0) is 0 Å². The summed E-state index contributed by atoms with van der Waals surface area (Å²) in [6.45, 7) is 4.16. The maximum atomic E-state index is 9.46. The van der Waals surface area contributed by atoms with Crippen LogP contribution in [0, 0.1) is 23.7 Å². The van der Waals surface area contributed by atoms with Crippen molar-refractivity contribution in [3.63, 3.8) is 0 Å². The van der Waals surface area contributed by atoms with E-state index in [4.69, 9.17) is 0 Å². The fourth-order valence-corrected chi connectivity index (χ4v) is 6.66. The largest absolute Gasteiger partial charge is 0.411 e. The Morgan fingerprint density at radius 3 is 1.46 bits per heavy atom. The Bertz CT molecular complexity index is 519. The van der Waals surface area contributed by atoms with Crippen molar-refractivity contribution in [1.82, 2.24) is 9.80 Å². The van der Waals surface area contributed by atoms with Gasteiger partial charge in [0.25, 0.3) is 0 Å². The van der Waals surface area contributed by atoms with Gasteiger partial charge in [0.2, 0.25) is 0 Å². The summed E-state index contributed by atoms with van der Waals surface area (Å²) < 4.78 is 0. The quantitative estimate of drug-likeness (QED) is 0.598. The first kappa shape index (κ1) is 15.1. The average Bonchev–Trinajstić information content (AvgIpc) is 3.39. The Labute approximate surface area is 143 Å². The molecule has 6 unspecified atom stereocenters. The molecule has 0 amide bonds. The van der Waals surface area contributed by atoms with Gasteiger partial charge in [-0.2, -0.15) is 0 Å². The lowest BCUT2D eigenvalue weighted by molar-refractivity contribution is 0.0745. The van der Waals surface area contributed by atoms with E-state index in [0.29, 0.717) is 35.8 Å². The highest BCUT2D eigenvalue weighted by atomic mass is 16.4. The predicted octanol–water partition coefficient (Wildman–Crippen LogP) is 1.86. The third-order valence-corrected chi connectivity index (χ3v) is 7.65. The number of hydrogen-bond donors (Lipinski definition) is 2. The molecule has 0 spiro atoms. The highest BCUT2D eigenvalue weighted by molar-refractivity contribution is 5.95. The Kier molecular flexibility index (Phi) is 3.59. The summed E-state index contributed by atoms with van der Waals surface area (Å²) in [7, 11) is 0. The zero-order chi connectivity index (χ0) is 16.3. The van der Waals surface area contributed by atoms with Gasteiger partial charge in [0.15, 0.2) is 0 Å². The zero-order valence-electron chi connectivity index (χ0n) is 14.2. The second-order valence-electron chi connectivity index (χ2n) is 8.55. The van der Waals surface area contributed by atoms with Crippen molar-refractivity contribution in [2.24, 2.45) is 34.0 Å². The number of nitrogens with zero attached hydrogens (tertiary/aromatic N) is 4. The number of piperazine rings is 1. The third kappa shape index (κ3) is 2.08. The second-order valence-corrected chi connectivity index (χ2v) is 8.55. The van der Waals surface area contributed by atoms with Gasteiger partial charge in [-0.1, -0.05) is 10.3 Å². The monoisotopic (exact) mass is 332 g/mol. The first-order chi connectivity index (χ1) is 11.8. The SMILES string of the molecule is ON=C1C2CCC(C2)C1N1CCN(C2C(=NO)C3CCC2C3)CC1. The molecule has 5 fully saturated rings.